The fraction of sp³-hybridized carbons (Fsp3) is 0.556. The van der Waals surface area contributed by atoms with Crippen LogP contribution in [0.1, 0.15) is 48.3 Å². The Bertz CT molecular complexity index is 699. The van der Waals surface area contributed by atoms with Gasteiger partial charge in [0.1, 0.15) is 0 Å². The molecular weight excluding hydrogens is 312 g/mol. The molecule has 0 aromatic heterocycles. The van der Waals surface area contributed by atoms with Gasteiger partial charge in [-0.2, -0.15) is 0 Å². The molecule has 2 aliphatic heterocycles. The van der Waals surface area contributed by atoms with Crippen molar-refractivity contribution in [3.05, 3.63) is 34.9 Å². The summed E-state index contributed by atoms with van der Waals surface area (Å²) in [5.41, 5.74) is 2.85. The number of hydrogen-bond donors (Lipinski definition) is 2. The quantitative estimate of drug-likeness (QED) is 0.624. The van der Waals surface area contributed by atoms with E-state index in [0.717, 1.165) is 23.1 Å². The first-order chi connectivity index (χ1) is 11.5. The van der Waals surface area contributed by atoms with E-state index in [1.54, 1.807) is 0 Å². The van der Waals surface area contributed by atoms with Crippen LogP contribution in [-0.2, 0) is 25.5 Å². The average molecular weight is 332 g/mol. The fourth-order valence-electron chi connectivity index (χ4n) is 4.40. The van der Waals surface area contributed by atoms with Crippen molar-refractivity contribution in [2.45, 2.75) is 50.6 Å². The van der Waals surface area contributed by atoms with Gasteiger partial charge in [0.05, 0.1) is 11.8 Å². The molecule has 0 saturated carbocycles. The molecule has 1 aliphatic carbocycles. The maximum absolute atomic E-state index is 12.2. The number of carbonyl (C=O) groups excluding carboxylic acids is 2. The van der Waals surface area contributed by atoms with E-state index >= 15 is 0 Å². The second-order valence-corrected chi connectivity index (χ2v) is 6.86. The monoisotopic (exact) mass is 332 g/mol. The highest BCUT2D eigenvalue weighted by Crippen LogP contribution is 2.52. The third-order valence-corrected chi connectivity index (χ3v) is 5.62. The summed E-state index contributed by atoms with van der Waals surface area (Å²) in [6, 6.07) is 5.95. The van der Waals surface area contributed by atoms with Gasteiger partial charge < -0.3 is 19.7 Å². The Balaban J connectivity index is 1.80. The third-order valence-electron chi connectivity index (χ3n) is 5.62. The molecule has 0 radical (unpaired) electrons. The van der Waals surface area contributed by atoms with Crippen LogP contribution in [0.3, 0.4) is 0 Å². The smallest absolute Gasteiger partial charge is 0.321 e. The van der Waals surface area contributed by atoms with Crippen molar-refractivity contribution in [2.75, 3.05) is 0 Å². The van der Waals surface area contributed by atoms with E-state index in [1.165, 1.54) is 0 Å². The first-order valence-electron chi connectivity index (χ1n) is 8.39. The molecule has 0 bridgehead atoms. The van der Waals surface area contributed by atoms with E-state index in [9.17, 15) is 19.8 Å². The Morgan fingerprint density at radius 1 is 1.08 bits per heavy atom. The van der Waals surface area contributed by atoms with E-state index in [0.29, 0.717) is 12.8 Å². The Kier molecular flexibility index (Phi) is 3.71. The Labute approximate surface area is 139 Å². The molecule has 0 amide bonds. The molecule has 1 aromatic rings. The zero-order valence-corrected chi connectivity index (χ0v) is 13.3. The highest BCUT2D eigenvalue weighted by molar-refractivity contribution is 6.00. The highest BCUT2D eigenvalue weighted by Gasteiger charge is 2.53. The van der Waals surface area contributed by atoms with Crippen molar-refractivity contribution in [1.82, 2.24) is 0 Å². The summed E-state index contributed by atoms with van der Waals surface area (Å²) < 4.78 is 9.95. The predicted octanol–water partition coefficient (Wildman–Crippen LogP) is 1.19. The second kappa shape index (κ2) is 5.65. The van der Waals surface area contributed by atoms with Gasteiger partial charge in [-0.3, -0.25) is 9.59 Å². The largest absolute Gasteiger partial charge is 0.392 e. The highest BCUT2D eigenvalue weighted by atomic mass is 16.7. The van der Waals surface area contributed by atoms with Crippen molar-refractivity contribution in [1.29, 1.82) is 0 Å². The van der Waals surface area contributed by atoms with E-state index in [1.807, 2.05) is 25.1 Å². The Morgan fingerprint density at radius 2 is 1.88 bits per heavy atom. The summed E-state index contributed by atoms with van der Waals surface area (Å²) in [5.74, 6) is -2.52. The number of aliphatic hydroxyl groups is 2. The molecule has 0 spiro atoms. The minimum absolute atomic E-state index is 0.155. The van der Waals surface area contributed by atoms with Crippen molar-refractivity contribution < 1.29 is 29.3 Å². The van der Waals surface area contributed by atoms with Crippen LogP contribution in [0.2, 0.25) is 0 Å². The second-order valence-electron chi connectivity index (χ2n) is 6.86. The molecule has 6 atom stereocenters. The van der Waals surface area contributed by atoms with Gasteiger partial charge in [0.2, 0.25) is 0 Å². The molecule has 1 aromatic carbocycles. The van der Waals surface area contributed by atoms with Gasteiger partial charge in [-0.25, -0.2) is 0 Å². The van der Waals surface area contributed by atoms with Gasteiger partial charge in [0.25, 0.3) is 0 Å². The normalized spacial score (nSPS) is 38.0. The molecule has 6 heteroatoms. The van der Waals surface area contributed by atoms with Crippen LogP contribution in [0.5, 0.6) is 0 Å². The van der Waals surface area contributed by atoms with Crippen molar-refractivity contribution in [2.24, 2.45) is 11.8 Å². The number of esters is 2. The molecule has 3 aliphatic rings. The number of rotatable bonds is 2. The number of aliphatic hydroxyl groups excluding tert-OH is 2. The van der Waals surface area contributed by atoms with Crippen LogP contribution in [0.25, 0.3) is 0 Å². The standard InChI is InChI=1S/C18H20O6/c1-2-8-3-4-9-10(12-7-14(19)23-16(12)20)6-13-15(11(9)5-8)18(22)24-17(13)21/h3-5,10,12-16,19-20H,2,6-7H2,1H3. The topological polar surface area (TPSA) is 93.1 Å². The molecule has 128 valence electrons. The predicted molar refractivity (Wildman–Crippen MR) is 81.7 cm³/mol. The summed E-state index contributed by atoms with van der Waals surface area (Å²) in [4.78, 5) is 24.3. The zero-order valence-electron chi connectivity index (χ0n) is 13.3. The fourth-order valence-corrected chi connectivity index (χ4v) is 4.40. The number of cyclic esters (lactones) is 2. The van der Waals surface area contributed by atoms with Gasteiger partial charge >= 0.3 is 11.9 Å². The average Bonchev–Trinajstić information content (AvgIpc) is 3.04. The molecule has 2 N–H and O–H groups in total. The molecule has 2 heterocycles. The molecule has 2 fully saturated rings. The number of benzene rings is 1. The summed E-state index contributed by atoms with van der Waals surface area (Å²) in [7, 11) is 0. The van der Waals surface area contributed by atoms with Gasteiger partial charge in [0, 0.05) is 12.3 Å². The molecule has 24 heavy (non-hydrogen) atoms. The SMILES string of the molecule is CCc1ccc2c(c1)C1C(=O)OC(=O)C1CC2C1CC(O)OC1O. The summed E-state index contributed by atoms with van der Waals surface area (Å²) >= 11 is 0. The van der Waals surface area contributed by atoms with Crippen LogP contribution < -0.4 is 0 Å². The molecule has 4 rings (SSSR count). The van der Waals surface area contributed by atoms with E-state index in [4.69, 9.17) is 9.47 Å². The molecule has 6 unspecified atom stereocenters. The maximum atomic E-state index is 12.2. The van der Waals surface area contributed by atoms with Gasteiger partial charge in [-0.05, 0) is 35.4 Å². The van der Waals surface area contributed by atoms with Crippen molar-refractivity contribution >= 4 is 11.9 Å². The lowest BCUT2D eigenvalue weighted by molar-refractivity contribution is -0.170. The minimum Gasteiger partial charge on any atom is -0.392 e. The zero-order chi connectivity index (χ0) is 17.0. The van der Waals surface area contributed by atoms with E-state index in [-0.39, 0.29) is 11.8 Å². The van der Waals surface area contributed by atoms with Crippen molar-refractivity contribution in [3.63, 3.8) is 0 Å². The Morgan fingerprint density at radius 3 is 2.54 bits per heavy atom. The van der Waals surface area contributed by atoms with Crippen molar-refractivity contribution in [3.8, 4) is 0 Å². The number of fused-ring (bicyclic) bond motifs is 3. The van der Waals surface area contributed by atoms with E-state index in [2.05, 4.69) is 0 Å². The van der Waals surface area contributed by atoms with Crippen LogP contribution in [0.15, 0.2) is 18.2 Å². The number of ether oxygens (including phenoxy) is 2. The minimum atomic E-state index is -1.08. The first kappa shape index (κ1) is 15.7. The lowest BCUT2D eigenvalue weighted by Crippen LogP contribution is -2.32. The van der Waals surface area contributed by atoms with Gasteiger partial charge in [0.15, 0.2) is 12.6 Å². The number of hydrogen-bond acceptors (Lipinski definition) is 6. The van der Waals surface area contributed by atoms with Crippen LogP contribution in [0.4, 0.5) is 0 Å². The lowest BCUT2D eigenvalue weighted by atomic mass is 9.66. The Hall–Kier alpha value is -1.76. The summed E-state index contributed by atoms with van der Waals surface area (Å²) in [5, 5.41) is 19.8. The lowest BCUT2D eigenvalue weighted by Gasteiger charge is -2.35. The van der Waals surface area contributed by atoms with Crippen LogP contribution in [0, 0.1) is 11.8 Å². The first-order valence-corrected chi connectivity index (χ1v) is 8.39. The summed E-state index contributed by atoms with van der Waals surface area (Å²) in [6.45, 7) is 2.03. The number of aryl methyl sites for hydroxylation is 1. The molecule has 6 nitrogen and oxygen atoms in total. The van der Waals surface area contributed by atoms with Gasteiger partial charge in [-0.15, -0.1) is 0 Å². The number of carbonyl (C=O) groups is 2. The van der Waals surface area contributed by atoms with Crippen LogP contribution >= 0.6 is 0 Å². The van der Waals surface area contributed by atoms with Crippen LogP contribution in [-0.4, -0.2) is 34.7 Å². The summed E-state index contributed by atoms with van der Waals surface area (Å²) in [6.07, 6.45) is -0.523. The van der Waals surface area contributed by atoms with E-state index < -0.39 is 36.4 Å². The maximum Gasteiger partial charge on any atom is 0.321 e. The third kappa shape index (κ3) is 2.29. The molecule has 2 saturated heterocycles. The van der Waals surface area contributed by atoms with Gasteiger partial charge in [-0.1, -0.05) is 25.1 Å². The molecular formula is C18H20O6.